The van der Waals surface area contributed by atoms with Crippen molar-refractivity contribution in [2.75, 3.05) is 26.4 Å². The average Bonchev–Trinajstić information content (AvgIpc) is 3.27. The second-order valence-corrected chi connectivity index (χ2v) is 16.9. The second kappa shape index (κ2) is 24.0. The van der Waals surface area contributed by atoms with Crippen molar-refractivity contribution in [3.8, 4) is 0 Å². The van der Waals surface area contributed by atoms with Crippen LogP contribution in [0.2, 0.25) is 0 Å². The van der Waals surface area contributed by atoms with Gasteiger partial charge in [0.05, 0.1) is 44.1 Å². The summed E-state index contributed by atoms with van der Waals surface area (Å²) in [5.74, 6) is -13.7. The molecule has 0 bridgehead atoms. The Hall–Kier alpha value is -3.94. The van der Waals surface area contributed by atoms with E-state index < -0.39 is 209 Å². The molecular weight excluding hydrogens is 946 g/mol. The fraction of sp³-hybridized carbons (Fsp3) is 0.842. The lowest BCUT2D eigenvalue weighted by Crippen LogP contribution is -2.71. The molecule has 4 aliphatic rings. The van der Waals surface area contributed by atoms with Gasteiger partial charge in [0.1, 0.15) is 92.0 Å². The maximum Gasteiger partial charge on any atom is 0.364 e. The Labute approximate surface area is 390 Å². The van der Waals surface area contributed by atoms with Gasteiger partial charge in [0.2, 0.25) is 17.7 Å². The molecule has 1 unspecified atom stereocenters. The molecule has 0 aromatic rings. The summed E-state index contributed by atoms with van der Waals surface area (Å²) in [5.41, 5.74) is 0. The number of amides is 3. The van der Waals surface area contributed by atoms with Gasteiger partial charge in [-0.05, 0) is 0 Å². The maximum absolute atomic E-state index is 13.0. The number of aliphatic carboxylic acids is 2. The highest BCUT2D eigenvalue weighted by Crippen LogP contribution is 2.39. The molecule has 17 N–H and O–H groups in total. The molecule has 0 radical (unpaired) electrons. The number of carboxylic acid groups (broad SMARTS) is 2. The topological polar surface area (TPSA) is 496 Å². The van der Waals surface area contributed by atoms with Gasteiger partial charge < -0.3 is 125 Å². The Balaban J connectivity index is 1.67. The molecule has 3 amide bonds. The minimum absolute atomic E-state index is 0.794. The summed E-state index contributed by atoms with van der Waals surface area (Å²) < 4.78 is 44.0. The Bertz CT molecular complexity index is 1800. The lowest BCUT2D eigenvalue weighted by Gasteiger charge is -2.51. The van der Waals surface area contributed by atoms with Crippen LogP contribution in [0.5, 0.6) is 0 Å². The molecule has 31 nitrogen and oxygen atoms in total. The summed E-state index contributed by atoms with van der Waals surface area (Å²) >= 11 is 0. The van der Waals surface area contributed by atoms with Gasteiger partial charge in [-0.15, -0.1) is 0 Å². The number of esters is 1. The van der Waals surface area contributed by atoms with Gasteiger partial charge in [0, 0.05) is 40.5 Å². The average molecular weight is 1010 g/mol. The third-order valence-corrected chi connectivity index (χ3v) is 11.6. The first-order valence-corrected chi connectivity index (χ1v) is 21.2. The van der Waals surface area contributed by atoms with Gasteiger partial charge in [-0.2, -0.15) is 0 Å². The number of hydrogen-bond acceptors (Lipinski definition) is 26. The Morgan fingerprint density at radius 2 is 1.12 bits per heavy atom. The van der Waals surface area contributed by atoms with Crippen LogP contribution in [0.3, 0.4) is 0 Å². The third-order valence-electron chi connectivity index (χ3n) is 11.6. The number of rotatable bonds is 20. The summed E-state index contributed by atoms with van der Waals surface area (Å²) in [5, 5.41) is 158. The van der Waals surface area contributed by atoms with Crippen molar-refractivity contribution in [1.82, 2.24) is 16.0 Å². The van der Waals surface area contributed by atoms with Gasteiger partial charge in [-0.25, -0.2) is 9.59 Å². The molecule has 4 saturated heterocycles. The van der Waals surface area contributed by atoms with E-state index in [1.54, 1.807) is 0 Å². The van der Waals surface area contributed by atoms with Crippen molar-refractivity contribution in [3.63, 3.8) is 0 Å². The molecule has 4 heterocycles. The summed E-state index contributed by atoms with van der Waals surface area (Å²) in [6, 6.07) is -5.12. The van der Waals surface area contributed by atoms with Crippen LogP contribution in [-0.2, 0) is 66.7 Å². The molecule has 396 valence electrons. The van der Waals surface area contributed by atoms with Crippen LogP contribution in [-0.4, -0.2) is 267 Å². The quantitative estimate of drug-likeness (QED) is 0.0504. The third kappa shape index (κ3) is 13.3. The van der Waals surface area contributed by atoms with E-state index in [0.29, 0.717) is 0 Å². The number of carbonyl (C=O) groups excluding carboxylic acids is 4. The molecule has 4 aliphatic heterocycles. The highest BCUT2D eigenvalue weighted by atomic mass is 16.8. The molecule has 4 fully saturated rings. The molecule has 0 spiro atoms. The fourth-order valence-electron chi connectivity index (χ4n) is 8.24. The van der Waals surface area contributed by atoms with E-state index in [2.05, 4.69) is 20.7 Å². The SMILES string of the molecule is CC(=O)N[C@H]1[C@H]([C@H](O)[C@H](O)CO)O[C@@](OC[C@H]2OC(O)[C@H](NC(C)=O)[C@@H](O[C@@H]3O[C@H](CO)[C@H](O)[C@H](O[C@]4(C(=O)O)C[C@H](O)[C@@H](NC(C)=O)[C@H]([C@H](O)[C@H](O)COC(C)=O)O4)[C@H]3O)[C@H]2O)(C(=O)O)C[C@@H]1O. The van der Waals surface area contributed by atoms with Gasteiger partial charge in [0.25, 0.3) is 11.6 Å². The number of ether oxygens (including phenoxy) is 8. The molecule has 0 aromatic heterocycles. The zero-order valence-electron chi connectivity index (χ0n) is 37.3. The Morgan fingerprint density at radius 1 is 0.638 bits per heavy atom. The fourth-order valence-corrected chi connectivity index (χ4v) is 8.24. The molecule has 0 aliphatic carbocycles. The van der Waals surface area contributed by atoms with E-state index in [4.69, 9.17) is 33.2 Å². The minimum atomic E-state index is -3.23. The Kier molecular flexibility index (Phi) is 20.0. The minimum Gasteiger partial charge on any atom is -0.477 e. The van der Waals surface area contributed by atoms with Crippen LogP contribution in [0.1, 0.15) is 40.5 Å². The summed E-state index contributed by atoms with van der Waals surface area (Å²) in [4.78, 5) is 73.5. The van der Waals surface area contributed by atoms with Crippen LogP contribution in [0, 0.1) is 0 Å². The van der Waals surface area contributed by atoms with Crippen molar-refractivity contribution in [3.05, 3.63) is 0 Å². The molecule has 0 aromatic carbocycles. The predicted octanol–water partition coefficient (Wildman–Crippen LogP) is -10.3. The molecule has 0 saturated carbocycles. The first-order valence-electron chi connectivity index (χ1n) is 21.2. The van der Waals surface area contributed by atoms with Crippen molar-refractivity contribution >= 4 is 35.6 Å². The van der Waals surface area contributed by atoms with Crippen LogP contribution in [0.4, 0.5) is 0 Å². The summed E-state index contributed by atoms with van der Waals surface area (Å²) in [7, 11) is 0. The molecular formula is C38H61N3O28. The predicted molar refractivity (Wildman–Crippen MR) is 213 cm³/mol. The summed E-state index contributed by atoms with van der Waals surface area (Å²) in [6.07, 6.45) is -38.3. The van der Waals surface area contributed by atoms with Crippen molar-refractivity contribution in [2.45, 2.75) is 174 Å². The van der Waals surface area contributed by atoms with Crippen molar-refractivity contribution in [1.29, 1.82) is 0 Å². The lowest BCUT2D eigenvalue weighted by atomic mass is 9.88. The van der Waals surface area contributed by atoms with Crippen LogP contribution >= 0.6 is 0 Å². The smallest absolute Gasteiger partial charge is 0.364 e. The number of hydrogen-bond donors (Lipinski definition) is 17. The monoisotopic (exact) mass is 1010 g/mol. The van der Waals surface area contributed by atoms with Crippen molar-refractivity contribution in [2.24, 2.45) is 0 Å². The zero-order valence-corrected chi connectivity index (χ0v) is 37.3. The lowest BCUT2D eigenvalue weighted by molar-refractivity contribution is -0.382. The van der Waals surface area contributed by atoms with Crippen molar-refractivity contribution < 1.29 is 138 Å². The normalized spacial score (nSPS) is 40.0. The van der Waals surface area contributed by atoms with Crippen LogP contribution in [0.15, 0.2) is 0 Å². The molecule has 4 rings (SSSR count). The number of aliphatic hydroxyl groups is 12. The highest BCUT2D eigenvalue weighted by Gasteiger charge is 2.61. The number of carboxylic acids is 2. The van der Waals surface area contributed by atoms with E-state index in [1.807, 2.05) is 0 Å². The molecule has 31 heteroatoms. The van der Waals surface area contributed by atoms with E-state index in [1.165, 1.54) is 0 Å². The zero-order chi connectivity index (χ0) is 52.0. The van der Waals surface area contributed by atoms with Gasteiger partial charge in [0.15, 0.2) is 12.6 Å². The van der Waals surface area contributed by atoms with Crippen LogP contribution in [0.25, 0.3) is 0 Å². The van der Waals surface area contributed by atoms with E-state index in [9.17, 15) is 100 Å². The number of nitrogens with one attached hydrogen (secondary N) is 3. The second-order valence-electron chi connectivity index (χ2n) is 16.9. The van der Waals surface area contributed by atoms with Gasteiger partial charge >= 0.3 is 17.9 Å². The highest BCUT2D eigenvalue weighted by molar-refractivity contribution is 5.77. The standard InChI is InChI=1S/C38H61N3O28/c1-11(44)39-21-15(48)5-37(35(58)59,67-30(21)24(52)17(50)7-42)63-10-20-27(55)29(23(33(57)64-20)41-13(3)46)66-34-28(56)32(26(54)19(8-43)65-34)69-38(36(60)61)6-16(49)22(40-12(2)45)31(68-38)25(53)18(51)9-62-14(4)47/h15-34,42-43,48-57H,5-10H2,1-4H3,(H,39,44)(H,40,45)(H,41,46)(H,58,59)(H,60,61)/t15-,16-,17+,18+,19+,20+,21+,22+,23+,24+,25+,26-,27-,28+,29+,30+,31+,32-,33?,34-,37+,38-/m0/s1. The Morgan fingerprint density at radius 3 is 1.59 bits per heavy atom. The van der Waals surface area contributed by atoms with E-state index in [-0.39, 0.29) is 0 Å². The van der Waals surface area contributed by atoms with Crippen LogP contribution < -0.4 is 16.0 Å². The van der Waals surface area contributed by atoms with Gasteiger partial charge in [-0.1, -0.05) is 0 Å². The largest absolute Gasteiger partial charge is 0.477 e. The molecule has 22 atom stereocenters. The summed E-state index contributed by atoms with van der Waals surface area (Å²) in [6.45, 7) is -0.377. The van der Waals surface area contributed by atoms with Gasteiger partial charge in [-0.3, -0.25) is 19.2 Å². The molecule has 69 heavy (non-hydrogen) atoms. The van der Waals surface area contributed by atoms with E-state index >= 15 is 0 Å². The van der Waals surface area contributed by atoms with E-state index in [0.717, 1.165) is 27.7 Å². The maximum atomic E-state index is 13.0. The number of carbonyl (C=O) groups is 6. The first-order chi connectivity index (χ1) is 32.1. The number of aliphatic hydroxyl groups excluding tert-OH is 12. The first kappa shape index (κ1) is 57.6.